The van der Waals surface area contributed by atoms with Gasteiger partial charge in [0.05, 0.1) is 21.3 Å². The second kappa shape index (κ2) is 5.12. The first-order valence-corrected chi connectivity index (χ1v) is 6.31. The molecule has 0 aromatic heterocycles. The Bertz CT molecular complexity index is 616. The van der Waals surface area contributed by atoms with Crippen LogP contribution in [-0.4, -0.2) is 28.5 Å². The summed E-state index contributed by atoms with van der Waals surface area (Å²) in [5.41, 5.74) is 0.889. The van der Waals surface area contributed by atoms with Crippen LogP contribution in [0.15, 0.2) is 29.3 Å². The first-order valence-electron chi connectivity index (χ1n) is 5.33. The summed E-state index contributed by atoms with van der Waals surface area (Å²) in [6.07, 6.45) is 0. The molecule has 96 valence electrons. The number of nitrogens with zero attached hydrogens (tertiary/aromatic N) is 3. The molecule has 0 N–H and O–H groups in total. The number of carbonyl (C=O) groups is 1. The Labute approximate surface area is 113 Å². The van der Waals surface area contributed by atoms with Crippen molar-refractivity contribution in [2.75, 3.05) is 12.8 Å². The normalized spacial score (nSPS) is 17.3. The van der Waals surface area contributed by atoms with Gasteiger partial charge < -0.3 is 4.90 Å². The Morgan fingerprint density at radius 2 is 2.11 bits per heavy atom. The van der Waals surface area contributed by atoms with Crippen molar-refractivity contribution in [3.63, 3.8) is 0 Å². The summed E-state index contributed by atoms with van der Waals surface area (Å²) in [6, 6.07) is 7.77. The number of allylic oxidation sites excluding steroid dienone is 1. The Morgan fingerprint density at radius 3 is 2.53 bits per heavy atom. The standard InChI is InChI=1S/C12H9N3O3S/c1-14-11(16)7-19-12(14)10(6-13)8-2-4-9(5-3-8)15(17)18/h2-5H,7H2,1H3/b12-10-. The van der Waals surface area contributed by atoms with Gasteiger partial charge in [-0.1, -0.05) is 11.8 Å². The summed E-state index contributed by atoms with van der Waals surface area (Å²) >= 11 is 1.30. The van der Waals surface area contributed by atoms with Crippen molar-refractivity contribution in [1.29, 1.82) is 5.26 Å². The number of nitro benzene ring substituents is 1. The van der Waals surface area contributed by atoms with Gasteiger partial charge in [-0.05, 0) is 17.7 Å². The molecule has 1 aliphatic heterocycles. The van der Waals surface area contributed by atoms with Crippen LogP contribution in [-0.2, 0) is 4.79 Å². The van der Waals surface area contributed by atoms with Gasteiger partial charge in [0.15, 0.2) is 0 Å². The number of hydrogen-bond acceptors (Lipinski definition) is 5. The monoisotopic (exact) mass is 275 g/mol. The third kappa shape index (κ3) is 2.44. The molecule has 1 amide bonds. The maximum Gasteiger partial charge on any atom is 0.269 e. The fourth-order valence-electron chi connectivity index (χ4n) is 1.66. The molecule has 1 aromatic carbocycles. The zero-order valence-electron chi connectivity index (χ0n) is 9.99. The van der Waals surface area contributed by atoms with E-state index in [1.807, 2.05) is 0 Å². The average molecular weight is 275 g/mol. The third-order valence-electron chi connectivity index (χ3n) is 2.70. The van der Waals surface area contributed by atoms with Crippen molar-refractivity contribution in [3.05, 3.63) is 45.0 Å². The van der Waals surface area contributed by atoms with E-state index in [4.69, 9.17) is 0 Å². The number of hydrogen-bond donors (Lipinski definition) is 0. The van der Waals surface area contributed by atoms with Gasteiger partial charge in [0.25, 0.3) is 5.69 Å². The van der Waals surface area contributed by atoms with Gasteiger partial charge in [-0.15, -0.1) is 0 Å². The lowest BCUT2D eigenvalue weighted by molar-refractivity contribution is -0.384. The third-order valence-corrected chi connectivity index (χ3v) is 3.85. The van der Waals surface area contributed by atoms with E-state index in [2.05, 4.69) is 6.07 Å². The van der Waals surface area contributed by atoms with Gasteiger partial charge in [0.2, 0.25) is 5.91 Å². The Morgan fingerprint density at radius 1 is 1.47 bits per heavy atom. The summed E-state index contributed by atoms with van der Waals surface area (Å²) in [7, 11) is 1.61. The van der Waals surface area contributed by atoms with Crippen LogP contribution < -0.4 is 0 Å². The number of benzene rings is 1. The molecule has 1 aromatic rings. The van der Waals surface area contributed by atoms with Crippen LogP contribution in [0.1, 0.15) is 5.56 Å². The fraction of sp³-hybridized carbons (Fsp3) is 0.167. The van der Waals surface area contributed by atoms with Gasteiger partial charge in [0, 0.05) is 19.2 Å². The molecule has 0 unspecified atom stereocenters. The lowest BCUT2D eigenvalue weighted by atomic mass is 10.1. The van der Waals surface area contributed by atoms with Crippen molar-refractivity contribution in [2.24, 2.45) is 0 Å². The van der Waals surface area contributed by atoms with E-state index in [0.29, 0.717) is 21.9 Å². The van der Waals surface area contributed by atoms with E-state index in [0.717, 1.165) is 0 Å². The first-order chi connectivity index (χ1) is 9.04. The van der Waals surface area contributed by atoms with E-state index in [1.165, 1.54) is 40.9 Å². The summed E-state index contributed by atoms with van der Waals surface area (Å²) in [5, 5.41) is 20.4. The topological polar surface area (TPSA) is 87.2 Å². The zero-order valence-corrected chi connectivity index (χ0v) is 10.8. The molecule has 0 radical (unpaired) electrons. The Hall–Kier alpha value is -2.33. The molecule has 0 spiro atoms. The van der Waals surface area contributed by atoms with Crippen molar-refractivity contribution in [3.8, 4) is 6.07 Å². The van der Waals surface area contributed by atoms with E-state index < -0.39 is 4.92 Å². The van der Waals surface area contributed by atoms with Crippen LogP contribution in [0.4, 0.5) is 5.69 Å². The Balaban J connectivity index is 2.44. The van der Waals surface area contributed by atoms with Gasteiger partial charge in [0.1, 0.15) is 6.07 Å². The van der Waals surface area contributed by atoms with E-state index >= 15 is 0 Å². The first kappa shape index (κ1) is 13.1. The predicted molar refractivity (Wildman–Crippen MR) is 70.9 cm³/mol. The molecule has 1 fully saturated rings. The van der Waals surface area contributed by atoms with Crippen LogP contribution in [0.5, 0.6) is 0 Å². The van der Waals surface area contributed by atoms with Crippen LogP contribution in [0.2, 0.25) is 0 Å². The van der Waals surface area contributed by atoms with Crippen molar-refractivity contribution in [2.45, 2.75) is 0 Å². The number of nitriles is 1. The molecule has 0 atom stereocenters. The molecule has 1 saturated heterocycles. The highest BCUT2D eigenvalue weighted by Crippen LogP contribution is 2.34. The Kier molecular flexibility index (Phi) is 3.53. The molecule has 1 aliphatic rings. The maximum atomic E-state index is 11.5. The SMILES string of the molecule is CN1C(=O)CS/C1=C(/C#N)c1ccc([N+](=O)[O-])cc1. The number of rotatable bonds is 2. The van der Waals surface area contributed by atoms with Crippen LogP contribution in [0.25, 0.3) is 5.57 Å². The number of amides is 1. The fourth-order valence-corrected chi connectivity index (χ4v) is 2.72. The highest BCUT2D eigenvalue weighted by atomic mass is 32.2. The molecule has 0 saturated carbocycles. The van der Waals surface area contributed by atoms with Crippen molar-refractivity contribution >= 4 is 28.9 Å². The van der Waals surface area contributed by atoms with Gasteiger partial charge in [-0.25, -0.2) is 0 Å². The minimum atomic E-state index is -0.497. The van der Waals surface area contributed by atoms with Crippen LogP contribution in [0, 0.1) is 21.4 Å². The number of thioether (sulfide) groups is 1. The quantitative estimate of drug-likeness (QED) is 0.468. The molecule has 6 nitrogen and oxygen atoms in total. The summed E-state index contributed by atoms with van der Waals surface area (Å²) in [5.74, 6) is 0.249. The average Bonchev–Trinajstić information content (AvgIpc) is 2.73. The molecule has 1 heterocycles. The predicted octanol–water partition coefficient (Wildman–Crippen LogP) is 1.99. The van der Waals surface area contributed by atoms with Gasteiger partial charge >= 0.3 is 0 Å². The number of non-ortho nitro benzene ring substituents is 1. The van der Waals surface area contributed by atoms with Crippen molar-refractivity contribution in [1.82, 2.24) is 4.90 Å². The minimum absolute atomic E-state index is 0.0328. The second-order valence-corrected chi connectivity index (χ2v) is 4.80. The lowest BCUT2D eigenvalue weighted by Gasteiger charge is -2.11. The minimum Gasteiger partial charge on any atom is -0.308 e. The van der Waals surface area contributed by atoms with Gasteiger partial charge in [-0.3, -0.25) is 14.9 Å². The number of nitro groups is 1. The van der Waals surface area contributed by atoms with Gasteiger partial charge in [-0.2, -0.15) is 5.26 Å². The van der Waals surface area contributed by atoms with Crippen LogP contribution in [0.3, 0.4) is 0 Å². The van der Waals surface area contributed by atoms with Crippen LogP contribution >= 0.6 is 11.8 Å². The molecular formula is C12H9N3O3S. The number of carbonyl (C=O) groups excluding carboxylic acids is 1. The summed E-state index contributed by atoms with van der Waals surface area (Å²) in [4.78, 5) is 23.0. The smallest absolute Gasteiger partial charge is 0.269 e. The summed E-state index contributed by atoms with van der Waals surface area (Å²) < 4.78 is 0. The second-order valence-electron chi connectivity index (χ2n) is 3.84. The molecular weight excluding hydrogens is 266 g/mol. The highest BCUT2D eigenvalue weighted by molar-refractivity contribution is 8.04. The van der Waals surface area contributed by atoms with E-state index in [1.54, 1.807) is 7.05 Å². The molecule has 7 heteroatoms. The molecule has 0 aliphatic carbocycles. The lowest BCUT2D eigenvalue weighted by Crippen LogP contribution is -2.19. The largest absolute Gasteiger partial charge is 0.308 e. The highest BCUT2D eigenvalue weighted by Gasteiger charge is 2.26. The van der Waals surface area contributed by atoms with E-state index in [9.17, 15) is 20.2 Å². The molecule has 0 bridgehead atoms. The maximum absolute atomic E-state index is 11.5. The van der Waals surface area contributed by atoms with E-state index in [-0.39, 0.29) is 11.6 Å². The van der Waals surface area contributed by atoms with Crippen molar-refractivity contribution < 1.29 is 9.72 Å². The molecule has 19 heavy (non-hydrogen) atoms. The zero-order chi connectivity index (χ0) is 14.0. The molecule has 2 rings (SSSR count). The summed E-state index contributed by atoms with van der Waals surface area (Å²) in [6.45, 7) is 0.